The van der Waals surface area contributed by atoms with Gasteiger partial charge < -0.3 is 15.4 Å². The average Bonchev–Trinajstić information content (AvgIpc) is 2.91. The standard InChI is InChI=1S/C16H24N2O/c1-19-14-6-4-9-16(11-14,12-17)18-10-8-13-5-2-3-7-15(13)18/h2-3,5,7,14H,4,6,8-12,17H2,1H3. The molecule has 0 spiro atoms. The number of anilines is 1. The quantitative estimate of drug-likeness (QED) is 0.906. The van der Waals surface area contributed by atoms with Crippen molar-refractivity contribution < 1.29 is 4.74 Å². The molecule has 0 saturated heterocycles. The molecule has 2 aliphatic rings. The lowest BCUT2D eigenvalue weighted by Crippen LogP contribution is -2.57. The van der Waals surface area contributed by atoms with Gasteiger partial charge in [0, 0.05) is 25.9 Å². The van der Waals surface area contributed by atoms with E-state index < -0.39 is 0 Å². The highest BCUT2D eigenvalue weighted by Crippen LogP contribution is 2.41. The highest BCUT2D eigenvalue weighted by molar-refractivity contribution is 5.60. The van der Waals surface area contributed by atoms with Gasteiger partial charge in [-0.05, 0) is 43.7 Å². The maximum Gasteiger partial charge on any atom is 0.0594 e. The molecule has 0 bridgehead atoms. The predicted octanol–water partition coefficient (Wildman–Crippen LogP) is 2.34. The summed E-state index contributed by atoms with van der Waals surface area (Å²) < 4.78 is 5.61. The Bertz CT molecular complexity index is 448. The summed E-state index contributed by atoms with van der Waals surface area (Å²) >= 11 is 0. The van der Waals surface area contributed by atoms with Gasteiger partial charge in [0.15, 0.2) is 0 Å². The Balaban J connectivity index is 1.91. The lowest BCUT2D eigenvalue weighted by molar-refractivity contribution is 0.0415. The zero-order chi connectivity index (χ0) is 13.3. The van der Waals surface area contributed by atoms with Crippen molar-refractivity contribution in [3.63, 3.8) is 0 Å². The summed E-state index contributed by atoms with van der Waals surface area (Å²) in [5, 5.41) is 0. The molecule has 1 heterocycles. The van der Waals surface area contributed by atoms with Gasteiger partial charge in [-0.2, -0.15) is 0 Å². The molecule has 3 heteroatoms. The Morgan fingerprint density at radius 1 is 1.42 bits per heavy atom. The number of rotatable bonds is 3. The molecule has 19 heavy (non-hydrogen) atoms. The van der Waals surface area contributed by atoms with E-state index in [1.54, 1.807) is 0 Å². The van der Waals surface area contributed by atoms with Gasteiger partial charge in [-0.25, -0.2) is 0 Å². The zero-order valence-corrected chi connectivity index (χ0v) is 11.8. The molecule has 0 amide bonds. The third-order valence-corrected chi connectivity index (χ3v) is 4.95. The molecular formula is C16H24N2O. The van der Waals surface area contributed by atoms with E-state index in [4.69, 9.17) is 10.5 Å². The van der Waals surface area contributed by atoms with E-state index >= 15 is 0 Å². The van der Waals surface area contributed by atoms with Crippen molar-refractivity contribution in [2.75, 3.05) is 25.1 Å². The van der Waals surface area contributed by atoms with Crippen molar-refractivity contribution in [2.24, 2.45) is 5.73 Å². The highest BCUT2D eigenvalue weighted by atomic mass is 16.5. The molecule has 1 saturated carbocycles. The molecular weight excluding hydrogens is 236 g/mol. The number of ether oxygens (including phenoxy) is 1. The second kappa shape index (κ2) is 5.14. The van der Waals surface area contributed by atoms with Crippen LogP contribution in [0.2, 0.25) is 0 Å². The predicted molar refractivity (Wildman–Crippen MR) is 78.5 cm³/mol. The molecule has 0 radical (unpaired) electrons. The number of benzene rings is 1. The van der Waals surface area contributed by atoms with Crippen LogP contribution in [-0.4, -0.2) is 31.8 Å². The number of nitrogens with two attached hydrogens (primary N) is 1. The third kappa shape index (κ3) is 2.15. The fourth-order valence-electron chi connectivity index (χ4n) is 3.86. The van der Waals surface area contributed by atoms with Crippen molar-refractivity contribution in [1.82, 2.24) is 0 Å². The molecule has 1 aliphatic heterocycles. The molecule has 3 nitrogen and oxygen atoms in total. The topological polar surface area (TPSA) is 38.5 Å². The largest absolute Gasteiger partial charge is 0.381 e. The van der Waals surface area contributed by atoms with E-state index in [-0.39, 0.29) is 5.54 Å². The van der Waals surface area contributed by atoms with Crippen molar-refractivity contribution in [3.05, 3.63) is 29.8 Å². The van der Waals surface area contributed by atoms with Crippen molar-refractivity contribution in [1.29, 1.82) is 0 Å². The van der Waals surface area contributed by atoms with E-state index in [1.807, 2.05) is 7.11 Å². The van der Waals surface area contributed by atoms with Crippen LogP contribution in [0.3, 0.4) is 0 Å². The van der Waals surface area contributed by atoms with Gasteiger partial charge in [0.1, 0.15) is 0 Å². The summed E-state index contributed by atoms with van der Waals surface area (Å²) in [6.07, 6.45) is 6.16. The molecule has 1 fully saturated rings. The van der Waals surface area contributed by atoms with Crippen LogP contribution in [0.1, 0.15) is 31.2 Å². The molecule has 2 atom stereocenters. The first kappa shape index (κ1) is 12.9. The van der Waals surface area contributed by atoms with Crippen molar-refractivity contribution >= 4 is 5.69 Å². The van der Waals surface area contributed by atoms with Crippen LogP contribution in [0.5, 0.6) is 0 Å². The molecule has 1 aromatic carbocycles. The zero-order valence-electron chi connectivity index (χ0n) is 11.8. The number of para-hydroxylation sites is 1. The molecule has 1 aliphatic carbocycles. The lowest BCUT2D eigenvalue weighted by atomic mass is 9.78. The fraction of sp³-hybridized carbons (Fsp3) is 0.625. The summed E-state index contributed by atoms with van der Waals surface area (Å²) in [6, 6.07) is 8.76. The summed E-state index contributed by atoms with van der Waals surface area (Å²) in [6.45, 7) is 1.83. The smallest absolute Gasteiger partial charge is 0.0594 e. The summed E-state index contributed by atoms with van der Waals surface area (Å²) in [4.78, 5) is 2.56. The maximum absolute atomic E-state index is 6.19. The minimum absolute atomic E-state index is 0.103. The number of hydrogen-bond acceptors (Lipinski definition) is 3. The van der Waals surface area contributed by atoms with Crippen molar-refractivity contribution in [2.45, 2.75) is 43.7 Å². The summed E-state index contributed by atoms with van der Waals surface area (Å²) in [5.74, 6) is 0. The Morgan fingerprint density at radius 3 is 3.05 bits per heavy atom. The van der Waals surface area contributed by atoms with Gasteiger partial charge in [0.2, 0.25) is 0 Å². The van der Waals surface area contributed by atoms with Crippen LogP contribution >= 0.6 is 0 Å². The van der Waals surface area contributed by atoms with E-state index in [0.29, 0.717) is 6.10 Å². The van der Waals surface area contributed by atoms with E-state index in [2.05, 4.69) is 29.2 Å². The second-order valence-electron chi connectivity index (χ2n) is 5.91. The first-order valence-corrected chi connectivity index (χ1v) is 7.37. The summed E-state index contributed by atoms with van der Waals surface area (Å²) in [5.41, 5.74) is 9.16. The maximum atomic E-state index is 6.19. The van der Waals surface area contributed by atoms with Gasteiger partial charge in [-0.3, -0.25) is 0 Å². The van der Waals surface area contributed by atoms with E-state index in [1.165, 1.54) is 30.5 Å². The van der Waals surface area contributed by atoms with Gasteiger partial charge in [0.05, 0.1) is 11.6 Å². The first-order chi connectivity index (χ1) is 9.29. The second-order valence-corrected chi connectivity index (χ2v) is 5.91. The van der Waals surface area contributed by atoms with Gasteiger partial charge in [-0.15, -0.1) is 0 Å². The van der Waals surface area contributed by atoms with Gasteiger partial charge >= 0.3 is 0 Å². The van der Waals surface area contributed by atoms with Crippen LogP contribution in [0.4, 0.5) is 5.69 Å². The monoisotopic (exact) mass is 260 g/mol. The number of hydrogen-bond donors (Lipinski definition) is 1. The van der Waals surface area contributed by atoms with E-state index in [0.717, 1.165) is 25.9 Å². The third-order valence-electron chi connectivity index (χ3n) is 4.95. The van der Waals surface area contributed by atoms with Crippen LogP contribution in [-0.2, 0) is 11.2 Å². The average molecular weight is 260 g/mol. The Morgan fingerprint density at radius 2 is 2.26 bits per heavy atom. The Kier molecular flexibility index (Phi) is 3.50. The van der Waals surface area contributed by atoms with Crippen LogP contribution in [0, 0.1) is 0 Å². The Labute approximate surface area is 115 Å². The van der Waals surface area contributed by atoms with Gasteiger partial charge in [0.25, 0.3) is 0 Å². The number of methoxy groups -OCH3 is 1. The molecule has 3 rings (SSSR count). The van der Waals surface area contributed by atoms with Crippen molar-refractivity contribution in [3.8, 4) is 0 Å². The van der Waals surface area contributed by atoms with Gasteiger partial charge in [-0.1, -0.05) is 18.2 Å². The van der Waals surface area contributed by atoms with E-state index in [9.17, 15) is 0 Å². The molecule has 2 N–H and O–H groups in total. The lowest BCUT2D eigenvalue weighted by Gasteiger charge is -2.47. The normalized spacial score (nSPS) is 30.4. The first-order valence-electron chi connectivity index (χ1n) is 7.37. The van der Waals surface area contributed by atoms with Crippen LogP contribution in [0.15, 0.2) is 24.3 Å². The molecule has 0 aromatic heterocycles. The number of fused-ring (bicyclic) bond motifs is 1. The summed E-state index contributed by atoms with van der Waals surface area (Å²) in [7, 11) is 1.83. The minimum Gasteiger partial charge on any atom is -0.381 e. The Hall–Kier alpha value is -1.06. The highest BCUT2D eigenvalue weighted by Gasteiger charge is 2.42. The van der Waals surface area contributed by atoms with Crippen LogP contribution < -0.4 is 10.6 Å². The van der Waals surface area contributed by atoms with Crippen LogP contribution in [0.25, 0.3) is 0 Å². The fourth-order valence-corrected chi connectivity index (χ4v) is 3.86. The minimum atomic E-state index is 0.103. The molecule has 1 aromatic rings. The SMILES string of the molecule is COC1CCCC(CN)(N2CCc3ccccc32)C1. The molecule has 2 unspecified atom stereocenters. The number of nitrogens with zero attached hydrogens (tertiary/aromatic N) is 1. The molecule has 104 valence electrons.